The fraction of sp³-hybridized carbons (Fsp3) is 0.421. The Morgan fingerprint density at radius 3 is 2.76 bits per heavy atom. The monoisotopic (exact) mass is 343 g/mol. The van der Waals surface area contributed by atoms with Crippen molar-refractivity contribution in [3.8, 4) is 11.5 Å². The zero-order valence-corrected chi connectivity index (χ0v) is 15.0. The zero-order chi connectivity index (χ0) is 18.1. The third-order valence-electron chi connectivity index (χ3n) is 3.84. The van der Waals surface area contributed by atoms with Gasteiger partial charge in [-0.15, -0.1) is 0 Å². The number of unbranched alkanes of at least 4 members (excludes halogenated alkanes) is 2. The molecule has 0 aliphatic rings. The molecule has 1 aromatic carbocycles. The van der Waals surface area contributed by atoms with E-state index >= 15 is 0 Å². The summed E-state index contributed by atoms with van der Waals surface area (Å²) >= 11 is 0. The molecule has 134 valence electrons. The summed E-state index contributed by atoms with van der Waals surface area (Å²) in [6, 6.07) is 5.50. The molecule has 1 amide bonds. The van der Waals surface area contributed by atoms with Crippen molar-refractivity contribution >= 4 is 5.91 Å². The maximum absolute atomic E-state index is 12.2. The highest BCUT2D eigenvalue weighted by Gasteiger charge is 2.15. The highest BCUT2D eigenvalue weighted by molar-refractivity contribution is 5.92. The predicted molar refractivity (Wildman–Crippen MR) is 95.9 cm³/mol. The van der Waals surface area contributed by atoms with Gasteiger partial charge in [0.1, 0.15) is 5.69 Å². The Labute approximate surface area is 148 Å². The minimum Gasteiger partial charge on any atom is -0.493 e. The van der Waals surface area contributed by atoms with E-state index in [-0.39, 0.29) is 17.6 Å². The van der Waals surface area contributed by atoms with Gasteiger partial charge < -0.3 is 14.8 Å². The van der Waals surface area contributed by atoms with Crippen molar-refractivity contribution in [3.05, 3.63) is 48.0 Å². The average molecular weight is 343 g/mol. The Morgan fingerprint density at radius 2 is 2.08 bits per heavy atom. The topological polar surface area (TPSA) is 73.3 Å². The van der Waals surface area contributed by atoms with Gasteiger partial charge in [-0.1, -0.05) is 25.8 Å². The first kappa shape index (κ1) is 18.7. The summed E-state index contributed by atoms with van der Waals surface area (Å²) in [5, 5.41) is 2.91. The summed E-state index contributed by atoms with van der Waals surface area (Å²) in [6.45, 7) is 4.74. The Balaban J connectivity index is 2.02. The van der Waals surface area contributed by atoms with Crippen molar-refractivity contribution in [2.45, 2.75) is 39.2 Å². The van der Waals surface area contributed by atoms with Crippen molar-refractivity contribution in [2.24, 2.45) is 0 Å². The molecular weight excluding hydrogens is 318 g/mol. The highest BCUT2D eigenvalue weighted by atomic mass is 16.5. The SMILES string of the molecule is CCCCCOc1ccc(C(C)NC(=O)c2cnccn2)cc1OC. The summed E-state index contributed by atoms with van der Waals surface area (Å²) in [6.07, 6.45) is 7.79. The number of benzene rings is 1. The molecule has 2 rings (SSSR count). The maximum Gasteiger partial charge on any atom is 0.271 e. The molecule has 1 atom stereocenters. The van der Waals surface area contributed by atoms with E-state index in [4.69, 9.17) is 9.47 Å². The van der Waals surface area contributed by atoms with Gasteiger partial charge in [0.2, 0.25) is 0 Å². The molecule has 1 aromatic heterocycles. The molecule has 0 fully saturated rings. The summed E-state index contributed by atoms with van der Waals surface area (Å²) in [5.74, 6) is 1.11. The standard InChI is InChI=1S/C19H25N3O3/c1-4-5-6-11-25-17-8-7-15(12-18(17)24-3)14(2)22-19(23)16-13-20-9-10-21-16/h7-10,12-14H,4-6,11H2,1-3H3,(H,22,23). The first-order valence-electron chi connectivity index (χ1n) is 8.53. The number of carbonyl (C=O) groups excluding carboxylic acids is 1. The number of nitrogens with zero attached hydrogens (tertiary/aromatic N) is 2. The zero-order valence-electron chi connectivity index (χ0n) is 15.0. The second-order valence-electron chi connectivity index (χ2n) is 5.75. The van der Waals surface area contributed by atoms with Crippen molar-refractivity contribution in [3.63, 3.8) is 0 Å². The molecule has 0 spiro atoms. The van der Waals surface area contributed by atoms with Gasteiger partial charge in [0, 0.05) is 12.4 Å². The van der Waals surface area contributed by atoms with Gasteiger partial charge in [0.05, 0.1) is 26.0 Å². The Bertz CT molecular complexity index is 677. The van der Waals surface area contributed by atoms with Crippen LogP contribution >= 0.6 is 0 Å². The quantitative estimate of drug-likeness (QED) is 0.705. The number of nitrogens with one attached hydrogen (secondary N) is 1. The third-order valence-corrected chi connectivity index (χ3v) is 3.84. The van der Waals surface area contributed by atoms with Gasteiger partial charge in [0.25, 0.3) is 5.91 Å². The lowest BCUT2D eigenvalue weighted by molar-refractivity contribution is 0.0934. The van der Waals surface area contributed by atoms with E-state index in [1.807, 2.05) is 25.1 Å². The van der Waals surface area contributed by atoms with Crippen LogP contribution in [0.5, 0.6) is 11.5 Å². The number of amides is 1. The van der Waals surface area contributed by atoms with Crippen molar-refractivity contribution < 1.29 is 14.3 Å². The molecule has 2 aromatic rings. The van der Waals surface area contributed by atoms with E-state index in [1.54, 1.807) is 7.11 Å². The molecule has 0 aliphatic carbocycles. The summed E-state index contributed by atoms with van der Waals surface area (Å²) in [5.41, 5.74) is 1.21. The molecule has 1 unspecified atom stereocenters. The first-order chi connectivity index (χ1) is 12.2. The van der Waals surface area contributed by atoms with Crippen molar-refractivity contribution in [1.29, 1.82) is 0 Å². The summed E-state index contributed by atoms with van der Waals surface area (Å²) < 4.78 is 11.2. The number of hydrogen-bond donors (Lipinski definition) is 1. The molecule has 0 saturated carbocycles. The largest absolute Gasteiger partial charge is 0.493 e. The number of carbonyl (C=O) groups is 1. The van der Waals surface area contributed by atoms with Crippen LogP contribution < -0.4 is 14.8 Å². The Hall–Kier alpha value is -2.63. The van der Waals surface area contributed by atoms with Crippen LogP contribution in [0.15, 0.2) is 36.8 Å². The number of methoxy groups -OCH3 is 1. The van der Waals surface area contributed by atoms with E-state index < -0.39 is 0 Å². The Kier molecular flexibility index (Phi) is 7.19. The Morgan fingerprint density at radius 1 is 1.24 bits per heavy atom. The molecule has 0 aliphatic heterocycles. The predicted octanol–water partition coefficient (Wildman–Crippen LogP) is 3.55. The number of ether oxygens (including phenoxy) is 2. The lowest BCUT2D eigenvalue weighted by atomic mass is 10.1. The molecule has 0 bridgehead atoms. The minimum absolute atomic E-state index is 0.197. The van der Waals surface area contributed by atoms with Crippen LogP contribution in [0.4, 0.5) is 0 Å². The van der Waals surface area contributed by atoms with Crippen LogP contribution in [0.3, 0.4) is 0 Å². The van der Waals surface area contributed by atoms with Gasteiger partial charge in [-0.2, -0.15) is 0 Å². The average Bonchev–Trinajstić information content (AvgIpc) is 2.65. The molecule has 1 N–H and O–H groups in total. The van der Waals surface area contributed by atoms with Gasteiger partial charge in [-0.25, -0.2) is 4.98 Å². The van der Waals surface area contributed by atoms with Crippen LogP contribution in [0, 0.1) is 0 Å². The molecule has 0 radical (unpaired) electrons. The van der Waals surface area contributed by atoms with E-state index in [9.17, 15) is 4.79 Å². The number of rotatable bonds is 9. The lowest BCUT2D eigenvalue weighted by Crippen LogP contribution is -2.27. The molecule has 25 heavy (non-hydrogen) atoms. The second kappa shape index (κ2) is 9.61. The smallest absolute Gasteiger partial charge is 0.271 e. The van der Waals surface area contributed by atoms with Crippen molar-refractivity contribution in [2.75, 3.05) is 13.7 Å². The molecule has 0 saturated heterocycles. The van der Waals surface area contributed by atoms with E-state index in [2.05, 4.69) is 22.2 Å². The molecular formula is C19H25N3O3. The van der Waals surface area contributed by atoms with Gasteiger partial charge >= 0.3 is 0 Å². The minimum atomic E-state index is -0.264. The van der Waals surface area contributed by atoms with E-state index in [0.717, 1.165) is 30.6 Å². The second-order valence-corrected chi connectivity index (χ2v) is 5.75. The van der Waals surface area contributed by atoms with Gasteiger partial charge in [-0.05, 0) is 31.0 Å². The van der Waals surface area contributed by atoms with Crippen LogP contribution in [0.2, 0.25) is 0 Å². The molecule has 1 heterocycles. The van der Waals surface area contributed by atoms with E-state index in [0.29, 0.717) is 12.4 Å². The van der Waals surface area contributed by atoms with Crippen LogP contribution in [0.1, 0.15) is 55.2 Å². The normalized spacial score (nSPS) is 11.6. The maximum atomic E-state index is 12.2. The van der Waals surface area contributed by atoms with Crippen LogP contribution in [-0.4, -0.2) is 29.6 Å². The highest BCUT2D eigenvalue weighted by Crippen LogP contribution is 2.30. The van der Waals surface area contributed by atoms with Crippen LogP contribution in [0.25, 0.3) is 0 Å². The molecule has 6 nitrogen and oxygen atoms in total. The summed E-state index contributed by atoms with van der Waals surface area (Å²) in [4.78, 5) is 20.1. The van der Waals surface area contributed by atoms with Gasteiger partial charge in [0.15, 0.2) is 11.5 Å². The number of aromatic nitrogens is 2. The first-order valence-corrected chi connectivity index (χ1v) is 8.53. The summed E-state index contributed by atoms with van der Waals surface area (Å²) in [7, 11) is 1.61. The fourth-order valence-electron chi connectivity index (χ4n) is 2.38. The number of hydrogen-bond acceptors (Lipinski definition) is 5. The van der Waals surface area contributed by atoms with Gasteiger partial charge in [-0.3, -0.25) is 9.78 Å². The lowest BCUT2D eigenvalue weighted by Gasteiger charge is -2.17. The third kappa shape index (κ3) is 5.45. The molecule has 6 heteroatoms. The fourth-order valence-corrected chi connectivity index (χ4v) is 2.38. The van der Waals surface area contributed by atoms with Crippen molar-refractivity contribution in [1.82, 2.24) is 15.3 Å². The van der Waals surface area contributed by atoms with E-state index in [1.165, 1.54) is 18.6 Å². The van der Waals surface area contributed by atoms with Crippen LogP contribution in [-0.2, 0) is 0 Å².